The van der Waals surface area contributed by atoms with Gasteiger partial charge in [-0.3, -0.25) is 0 Å². The number of furan rings is 4. The van der Waals surface area contributed by atoms with Gasteiger partial charge in [0.15, 0.2) is 52.4 Å². The third-order valence-electron chi connectivity index (χ3n) is 28.1. The first kappa shape index (κ1) is 86.9. The van der Waals surface area contributed by atoms with Crippen LogP contribution in [0.5, 0.6) is 0 Å². The lowest BCUT2D eigenvalue weighted by atomic mass is 9.82. The monoisotopic (exact) mass is 1870 g/mol. The summed E-state index contributed by atoms with van der Waals surface area (Å²) in [5, 5.41) is 15.9. The first-order valence-electron chi connectivity index (χ1n) is 48.6. The van der Waals surface area contributed by atoms with E-state index in [9.17, 15) is 0 Å². The van der Waals surface area contributed by atoms with Gasteiger partial charge >= 0.3 is 0 Å². The maximum Gasteiger partial charge on any atom is 0.164 e. The van der Waals surface area contributed by atoms with E-state index in [1.165, 1.54) is 44.0 Å². The van der Waals surface area contributed by atoms with Crippen LogP contribution < -0.4 is 0 Å². The molecule has 28 aromatic rings. The van der Waals surface area contributed by atoms with Crippen molar-refractivity contribution in [3.05, 3.63) is 478 Å². The van der Waals surface area contributed by atoms with Crippen LogP contribution in [0.1, 0.15) is 32.4 Å². The Morgan fingerprint density at radius 2 is 0.418 bits per heavy atom. The highest BCUT2D eigenvalue weighted by atomic mass is 16.3. The van der Waals surface area contributed by atoms with Gasteiger partial charge in [0.25, 0.3) is 0 Å². The molecule has 0 saturated carbocycles. The molecule has 0 unspecified atom stereocenters. The van der Waals surface area contributed by atoms with E-state index in [0.29, 0.717) is 52.4 Å². The van der Waals surface area contributed by atoms with E-state index in [-0.39, 0.29) is 12.8 Å². The molecule has 688 valence electrons. The number of nitrogens with zero attached hydrogens (tertiary/aromatic N) is 9. The minimum absolute atomic E-state index is 0. The Morgan fingerprint density at radius 3 is 0.870 bits per heavy atom. The molecule has 0 bridgehead atoms. The molecular weight excluding hydrogens is 1790 g/mol. The Hall–Kier alpha value is -19.4. The minimum atomic E-state index is -0.120. The van der Waals surface area contributed by atoms with Crippen molar-refractivity contribution in [2.45, 2.75) is 26.7 Å². The van der Waals surface area contributed by atoms with E-state index in [0.717, 1.165) is 193 Å². The van der Waals surface area contributed by atoms with Crippen molar-refractivity contribution in [1.82, 2.24) is 44.9 Å². The Bertz CT molecular complexity index is 9970. The predicted molar refractivity (Wildman–Crippen MR) is 596 cm³/mol. The quantitative estimate of drug-likeness (QED) is 0.107. The molecule has 1 aliphatic carbocycles. The zero-order valence-corrected chi connectivity index (χ0v) is 78.6. The molecular formula is C133H87N9O4. The third-order valence-corrected chi connectivity index (χ3v) is 28.1. The fraction of sp³-hybridized carbons (Fsp3) is 0.0301. The normalized spacial score (nSPS) is 12.0. The lowest BCUT2D eigenvalue weighted by Crippen LogP contribution is -2.15. The number of para-hydroxylation sites is 4. The number of fused-ring (bicyclic) bond motifs is 18. The first-order chi connectivity index (χ1) is 71.5. The standard InChI is InChI=1S/C46H31N3O.C43H25N3O2.C43H27N3O.CH4/c1-46(2)39-17-8-6-15-35(39)36-22-21-33(26-40(36)46)45-48-43(28-11-4-3-5-12-28)47-44(49-45)32-14-10-13-29(23-32)30-19-20-31-27-42-38(25-34(31)24-30)37-16-7-9-18-41(37)50-42;1-2-9-26(10-3-1)41-44-42(46-43(45-41)31-19-20-39-35(24-31)33-13-4-6-15-37(33)47-39)30-12-8-11-27(21-30)28-17-18-29-23-36-34-14-5-7-16-38(34)48-40(36)25-32(29)22-28;1-3-12-28(13-4-1)41-44-42(29-14-5-2-6-15-29)46-43(45-41)34-20-10-17-31(25-34)30-16-9-18-32(24-30)35-22-11-19-33-26-40-38(27-37(33)35)36-21-7-8-23-39(36)47-40;/h3-27H,1-2H3;1-25H;1-27H;1H4. The molecule has 13 heteroatoms. The van der Waals surface area contributed by atoms with E-state index in [4.69, 9.17) is 62.5 Å². The average molecular weight is 1880 g/mol. The second kappa shape index (κ2) is 36.1. The molecule has 13 nitrogen and oxygen atoms in total. The van der Waals surface area contributed by atoms with Crippen molar-refractivity contribution in [1.29, 1.82) is 0 Å². The summed E-state index contributed by atoms with van der Waals surface area (Å²) in [6.07, 6.45) is 0. The van der Waals surface area contributed by atoms with Gasteiger partial charge in [-0.1, -0.05) is 367 Å². The van der Waals surface area contributed by atoms with Gasteiger partial charge in [-0.05, 0) is 220 Å². The Morgan fingerprint density at radius 1 is 0.144 bits per heavy atom. The van der Waals surface area contributed by atoms with Crippen molar-refractivity contribution in [2.75, 3.05) is 0 Å². The van der Waals surface area contributed by atoms with Gasteiger partial charge in [-0.25, -0.2) is 44.9 Å². The Labute approximate surface area is 839 Å². The number of benzene rings is 21. The largest absolute Gasteiger partial charge is 0.456 e. The SMILES string of the molecule is C.CC1(C)c2ccccc2-c2ccc(-c3nc(-c4ccccc4)nc(-c4cccc(-c5ccc6cc7oc8ccccc8c7cc6c5)c4)n3)cc21.c1ccc(-c2nc(-c3cccc(-c4ccc5cc6c(cc5c4)oc4ccccc46)c3)nc(-c3ccc4oc5ccccc5c4c3)n2)cc1.c1ccc(-c2nc(-c3ccccc3)nc(-c3cccc(-c4cccc(-c5cccc6cc7oc8ccccc8c7cc56)c4)c3)n2)cc1. The fourth-order valence-electron chi connectivity index (χ4n) is 20.8. The number of hydrogen-bond donors (Lipinski definition) is 0. The van der Waals surface area contributed by atoms with Crippen LogP contribution in [0.2, 0.25) is 0 Å². The maximum absolute atomic E-state index is 6.19. The van der Waals surface area contributed by atoms with E-state index in [2.05, 4.69) is 305 Å². The van der Waals surface area contributed by atoms with Crippen molar-refractivity contribution >= 4 is 120 Å². The van der Waals surface area contributed by atoms with Gasteiger partial charge in [0.05, 0.1) is 0 Å². The second-order valence-electron chi connectivity index (χ2n) is 37.4. The summed E-state index contributed by atoms with van der Waals surface area (Å²) < 4.78 is 24.6. The summed E-state index contributed by atoms with van der Waals surface area (Å²) in [5.74, 6) is 5.75. The zero-order chi connectivity index (χ0) is 96.2. The topological polar surface area (TPSA) is 169 Å². The fourth-order valence-corrected chi connectivity index (χ4v) is 20.8. The number of hydrogen-bond acceptors (Lipinski definition) is 13. The summed E-state index contributed by atoms with van der Waals surface area (Å²) >= 11 is 0. The molecule has 0 spiro atoms. The van der Waals surface area contributed by atoms with Crippen LogP contribution >= 0.6 is 0 Å². The van der Waals surface area contributed by atoms with Gasteiger partial charge in [-0.15, -0.1) is 0 Å². The summed E-state index contributed by atoms with van der Waals surface area (Å²) in [4.78, 5) is 45.0. The Balaban J connectivity index is 0.000000111. The summed E-state index contributed by atoms with van der Waals surface area (Å²) in [6.45, 7) is 4.60. The highest BCUT2D eigenvalue weighted by Gasteiger charge is 2.36. The smallest absolute Gasteiger partial charge is 0.164 e. The molecule has 0 fully saturated rings. The lowest BCUT2D eigenvalue weighted by Gasteiger charge is -2.21. The lowest BCUT2D eigenvalue weighted by molar-refractivity contribution is 0.660. The van der Waals surface area contributed by atoms with Crippen molar-refractivity contribution < 1.29 is 17.7 Å². The van der Waals surface area contributed by atoms with Crippen molar-refractivity contribution in [2.24, 2.45) is 0 Å². The molecule has 146 heavy (non-hydrogen) atoms. The third kappa shape index (κ3) is 15.9. The highest BCUT2D eigenvalue weighted by Crippen LogP contribution is 2.51. The molecule has 0 radical (unpaired) electrons. The summed E-state index contributed by atoms with van der Waals surface area (Å²) in [6, 6.07) is 162. The van der Waals surface area contributed by atoms with Crippen LogP contribution in [0, 0.1) is 0 Å². The maximum atomic E-state index is 6.19. The van der Waals surface area contributed by atoms with Gasteiger partial charge in [0, 0.05) is 98.6 Å². The van der Waals surface area contributed by atoms with Gasteiger partial charge in [-0.2, -0.15) is 0 Å². The van der Waals surface area contributed by atoms with E-state index >= 15 is 0 Å². The van der Waals surface area contributed by atoms with Crippen molar-refractivity contribution in [3.63, 3.8) is 0 Å². The summed E-state index contributed by atoms with van der Waals surface area (Å²) in [5.41, 5.74) is 29.6. The van der Waals surface area contributed by atoms with Crippen molar-refractivity contribution in [3.8, 4) is 158 Å². The van der Waals surface area contributed by atoms with Crippen LogP contribution in [0.4, 0.5) is 0 Å². The molecule has 0 saturated heterocycles. The molecule has 0 aliphatic heterocycles. The average Bonchev–Trinajstić information content (AvgIpc) is 1.57. The van der Waals surface area contributed by atoms with Crippen LogP contribution in [0.3, 0.4) is 0 Å². The molecule has 7 heterocycles. The molecule has 7 aromatic heterocycles. The van der Waals surface area contributed by atoms with Crippen LogP contribution in [0.25, 0.3) is 278 Å². The molecule has 1 aliphatic rings. The van der Waals surface area contributed by atoms with Crippen LogP contribution in [-0.4, -0.2) is 44.9 Å². The molecule has 0 amide bonds. The molecule has 21 aromatic carbocycles. The van der Waals surface area contributed by atoms with E-state index in [1.54, 1.807) is 0 Å². The van der Waals surface area contributed by atoms with E-state index < -0.39 is 0 Å². The molecule has 0 atom stereocenters. The number of rotatable bonds is 13. The molecule has 0 N–H and O–H groups in total. The summed E-state index contributed by atoms with van der Waals surface area (Å²) in [7, 11) is 0. The second-order valence-corrected chi connectivity index (χ2v) is 37.4. The Kier molecular flexibility index (Phi) is 21.5. The zero-order valence-electron chi connectivity index (χ0n) is 78.6. The minimum Gasteiger partial charge on any atom is -0.456 e. The van der Waals surface area contributed by atoms with Gasteiger partial charge in [0.2, 0.25) is 0 Å². The van der Waals surface area contributed by atoms with Crippen LogP contribution in [-0.2, 0) is 5.41 Å². The van der Waals surface area contributed by atoms with Gasteiger partial charge < -0.3 is 17.7 Å². The van der Waals surface area contributed by atoms with E-state index in [1.807, 2.05) is 176 Å². The highest BCUT2D eigenvalue weighted by molar-refractivity contribution is 6.15. The molecule has 29 rings (SSSR count). The number of aromatic nitrogens is 9. The first-order valence-corrected chi connectivity index (χ1v) is 48.6. The van der Waals surface area contributed by atoms with Gasteiger partial charge in [0.1, 0.15) is 44.7 Å². The predicted octanol–water partition coefficient (Wildman–Crippen LogP) is 35.3. The van der Waals surface area contributed by atoms with Crippen LogP contribution in [0.15, 0.2) is 485 Å².